The summed E-state index contributed by atoms with van der Waals surface area (Å²) >= 11 is 0. The zero-order valence-corrected chi connectivity index (χ0v) is 20.1. The SMILES string of the molecule is COc1ccc(OC)c(C(=O)N2CCC3(CCN(C(=O)CNC(=O)C=Cc4ccco4)C3)CC2)c1. The molecule has 9 nitrogen and oxygen atoms in total. The van der Waals surface area contributed by atoms with Gasteiger partial charge in [0.15, 0.2) is 0 Å². The molecular weight excluding hydrogens is 450 g/mol. The van der Waals surface area contributed by atoms with Gasteiger partial charge in [-0.25, -0.2) is 0 Å². The van der Waals surface area contributed by atoms with Gasteiger partial charge in [0, 0.05) is 32.3 Å². The summed E-state index contributed by atoms with van der Waals surface area (Å²) in [5.74, 6) is 1.19. The van der Waals surface area contributed by atoms with Gasteiger partial charge < -0.3 is 29.0 Å². The largest absolute Gasteiger partial charge is 0.497 e. The topological polar surface area (TPSA) is 101 Å². The molecule has 9 heteroatoms. The number of carbonyl (C=O) groups is 3. The molecule has 1 aromatic carbocycles. The molecule has 4 rings (SSSR count). The quantitative estimate of drug-likeness (QED) is 0.610. The molecule has 1 N–H and O–H groups in total. The van der Waals surface area contributed by atoms with Crippen LogP contribution in [0.5, 0.6) is 11.5 Å². The lowest BCUT2D eigenvalue weighted by molar-refractivity contribution is -0.131. The molecular formula is C26H31N3O6. The first-order chi connectivity index (χ1) is 16.9. The number of rotatable bonds is 7. The Bertz CT molecular complexity index is 1090. The molecule has 2 aliphatic rings. The maximum Gasteiger partial charge on any atom is 0.257 e. The molecule has 0 aliphatic carbocycles. The average Bonchev–Trinajstić information content (AvgIpc) is 3.56. The van der Waals surface area contributed by atoms with Crippen LogP contribution in [0.25, 0.3) is 6.08 Å². The number of likely N-dealkylation sites (tertiary alicyclic amines) is 2. The highest BCUT2D eigenvalue weighted by molar-refractivity contribution is 5.97. The van der Waals surface area contributed by atoms with Gasteiger partial charge in [-0.1, -0.05) is 0 Å². The van der Waals surface area contributed by atoms with E-state index in [4.69, 9.17) is 13.9 Å². The van der Waals surface area contributed by atoms with Crippen LogP contribution in [-0.4, -0.2) is 74.5 Å². The Morgan fingerprint density at radius 3 is 2.46 bits per heavy atom. The minimum Gasteiger partial charge on any atom is -0.497 e. The van der Waals surface area contributed by atoms with Crippen molar-refractivity contribution in [3.05, 3.63) is 54.0 Å². The van der Waals surface area contributed by atoms with Gasteiger partial charge in [0.2, 0.25) is 11.8 Å². The van der Waals surface area contributed by atoms with E-state index in [9.17, 15) is 14.4 Å². The third-order valence-electron chi connectivity index (χ3n) is 6.90. The number of nitrogens with one attached hydrogen (secondary N) is 1. The van der Waals surface area contributed by atoms with Gasteiger partial charge in [-0.05, 0) is 61.1 Å². The van der Waals surface area contributed by atoms with Crippen LogP contribution in [0.2, 0.25) is 0 Å². The molecule has 0 atom stereocenters. The van der Waals surface area contributed by atoms with Crippen LogP contribution in [0.3, 0.4) is 0 Å². The van der Waals surface area contributed by atoms with Crippen LogP contribution >= 0.6 is 0 Å². The van der Waals surface area contributed by atoms with Crippen molar-refractivity contribution < 1.29 is 28.3 Å². The van der Waals surface area contributed by atoms with E-state index in [1.165, 1.54) is 12.3 Å². The Balaban J connectivity index is 1.27. The van der Waals surface area contributed by atoms with Gasteiger partial charge in [0.05, 0.1) is 32.6 Å². The molecule has 3 amide bonds. The van der Waals surface area contributed by atoms with Crippen LogP contribution in [-0.2, 0) is 9.59 Å². The second-order valence-corrected chi connectivity index (χ2v) is 8.99. The fourth-order valence-corrected chi connectivity index (χ4v) is 4.77. The lowest BCUT2D eigenvalue weighted by atomic mass is 9.77. The fourth-order valence-electron chi connectivity index (χ4n) is 4.77. The Morgan fingerprint density at radius 2 is 1.80 bits per heavy atom. The number of ether oxygens (including phenoxy) is 2. The third kappa shape index (κ3) is 5.67. The molecule has 2 fully saturated rings. The molecule has 2 aromatic rings. The maximum absolute atomic E-state index is 13.2. The third-order valence-corrected chi connectivity index (χ3v) is 6.90. The summed E-state index contributed by atoms with van der Waals surface area (Å²) in [4.78, 5) is 41.5. The van der Waals surface area contributed by atoms with Gasteiger partial charge in [0.1, 0.15) is 17.3 Å². The highest BCUT2D eigenvalue weighted by atomic mass is 16.5. The van der Waals surface area contributed by atoms with Gasteiger partial charge >= 0.3 is 0 Å². The lowest BCUT2D eigenvalue weighted by Crippen LogP contribution is -2.45. The lowest BCUT2D eigenvalue weighted by Gasteiger charge is -2.39. The van der Waals surface area contributed by atoms with E-state index < -0.39 is 0 Å². The molecule has 186 valence electrons. The Kier molecular flexibility index (Phi) is 7.43. The average molecular weight is 482 g/mol. The molecule has 1 spiro atoms. The number of benzene rings is 1. The first kappa shape index (κ1) is 24.4. The summed E-state index contributed by atoms with van der Waals surface area (Å²) in [5, 5.41) is 2.64. The van der Waals surface area contributed by atoms with E-state index in [-0.39, 0.29) is 29.7 Å². The van der Waals surface area contributed by atoms with E-state index >= 15 is 0 Å². The molecule has 1 aromatic heterocycles. The van der Waals surface area contributed by atoms with Crippen molar-refractivity contribution in [1.82, 2.24) is 15.1 Å². The highest BCUT2D eigenvalue weighted by Gasteiger charge is 2.43. The van der Waals surface area contributed by atoms with Crippen molar-refractivity contribution in [2.45, 2.75) is 19.3 Å². The summed E-state index contributed by atoms with van der Waals surface area (Å²) < 4.78 is 15.8. The maximum atomic E-state index is 13.2. The smallest absolute Gasteiger partial charge is 0.257 e. The van der Waals surface area contributed by atoms with Crippen molar-refractivity contribution in [1.29, 1.82) is 0 Å². The molecule has 0 radical (unpaired) electrons. The number of methoxy groups -OCH3 is 2. The van der Waals surface area contributed by atoms with Gasteiger partial charge in [-0.3, -0.25) is 14.4 Å². The molecule has 2 aliphatic heterocycles. The van der Waals surface area contributed by atoms with Crippen LogP contribution in [0.4, 0.5) is 0 Å². The molecule has 0 saturated carbocycles. The molecule has 0 bridgehead atoms. The van der Waals surface area contributed by atoms with Gasteiger partial charge in [-0.15, -0.1) is 0 Å². The van der Waals surface area contributed by atoms with Crippen molar-refractivity contribution in [2.75, 3.05) is 46.9 Å². The molecule has 2 saturated heterocycles. The van der Waals surface area contributed by atoms with Crippen molar-refractivity contribution in [3.8, 4) is 11.5 Å². The van der Waals surface area contributed by atoms with E-state index in [0.29, 0.717) is 49.0 Å². The van der Waals surface area contributed by atoms with E-state index in [1.54, 1.807) is 50.6 Å². The fraction of sp³-hybridized carbons (Fsp3) is 0.423. The zero-order valence-electron chi connectivity index (χ0n) is 20.1. The number of hydrogen-bond acceptors (Lipinski definition) is 6. The van der Waals surface area contributed by atoms with Crippen molar-refractivity contribution >= 4 is 23.8 Å². The van der Waals surface area contributed by atoms with Crippen LogP contribution in [0.1, 0.15) is 35.4 Å². The van der Waals surface area contributed by atoms with Gasteiger partial charge in [0.25, 0.3) is 5.91 Å². The van der Waals surface area contributed by atoms with Crippen LogP contribution in [0.15, 0.2) is 47.1 Å². The minimum absolute atomic E-state index is 0.00804. The number of nitrogens with zero attached hydrogens (tertiary/aromatic N) is 2. The van der Waals surface area contributed by atoms with Gasteiger partial charge in [-0.2, -0.15) is 0 Å². The molecule has 3 heterocycles. The van der Waals surface area contributed by atoms with E-state index in [1.807, 2.05) is 9.80 Å². The Morgan fingerprint density at radius 1 is 1.06 bits per heavy atom. The first-order valence-corrected chi connectivity index (χ1v) is 11.7. The minimum atomic E-state index is -0.344. The summed E-state index contributed by atoms with van der Waals surface area (Å²) in [5.41, 5.74) is 0.497. The summed E-state index contributed by atoms with van der Waals surface area (Å²) in [6.45, 7) is 2.51. The number of hydrogen-bond donors (Lipinski definition) is 1. The van der Waals surface area contributed by atoms with E-state index in [0.717, 1.165) is 19.3 Å². The number of piperidine rings is 1. The molecule has 0 unspecified atom stereocenters. The number of furan rings is 1. The van der Waals surface area contributed by atoms with Crippen molar-refractivity contribution in [2.24, 2.45) is 5.41 Å². The van der Waals surface area contributed by atoms with Crippen LogP contribution < -0.4 is 14.8 Å². The van der Waals surface area contributed by atoms with Crippen molar-refractivity contribution in [3.63, 3.8) is 0 Å². The Labute approximate surface area is 204 Å². The second kappa shape index (κ2) is 10.7. The molecule has 35 heavy (non-hydrogen) atoms. The number of amides is 3. The highest BCUT2D eigenvalue weighted by Crippen LogP contribution is 2.41. The zero-order chi connectivity index (χ0) is 24.8. The van der Waals surface area contributed by atoms with Crippen LogP contribution in [0, 0.1) is 5.41 Å². The normalized spacial score (nSPS) is 17.1. The number of carbonyl (C=O) groups excluding carboxylic acids is 3. The predicted molar refractivity (Wildman–Crippen MR) is 129 cm³/mol. The standard InChI is InChI=1S/C26H31N3O6/c1-33-20-5-7-22(34-2)21(16-20)25(32)28-12-9-26(10-13-28)11-14-29(18-26)24(31)17-27-23(30)8-6-19-4-3-15-35-19/h3-8,15-16H,9-14,17-18H2,1-2H3,(H,27,30). The van der Waals surface area contributed by atoms with E-state index in [2.05, 4.69) is 5.32 Å². The first-order valence-electron chi connectivity index (χ1n) is 11.7. The monoisotopic (exact) mass is 481 g/mol. The summed E-state index contributed by atoms with van der Waals surface area (Å²) in [6, 6.07) is 8.69. The second-order valence-electron chi connectivity index (χ2n) is 8.99. The predicted octanol–water partition coefficient (Wildman–Crippen LogP) is 2.58. The summed E-state index contributed by atoms with van der Waals surface area (Å²) in [6.07, 6.45) is 6.98. The Hall–Kier alpha value is -3.75. The summed E-state index contributed by atoms with van der Waals surface area (Å²) in [7, 11) is 3.11.